The predicted molar refractivity (Wildman–Crippen MR) is 68.7 cm³/mol. The van der Waals surface area contributed by atoms with Crippen LogP contribution in [0.15, 0.2) is 11.4 Å². The Morgan fingerprint density at radius 3 is 2.60 bits per heavy atom. The first kappa shape index (κ1) is 14.5. The number of likely N-dealkylation sites (N-methyl/N-ethyl adjacent to an activating group) is 1. The van der Waals surface area contributed by atoms with Crippen LogP contribution < -0.4 is 10.5 Å². The average molecular weight is 301 g/mol. The summed E-state index contributed by atoms with van der Waals surface area (Å²) in [6, 6.07) is -0.975. The van der Waals surface area contributed by atoms with Gasteiger partial charge in [-0.05, 0) is 6.42 Å². The quantitative estimate of drug-likeness (QED) is 0.649. The van der Waals surface area contributed by atoms with Crippen molar-refractivity contribution in [2.24, 2.45) is 7.05 Å². The molecule has 20 heavy (non-hydrogen) atoms. The van der Waals surface area contributed by atoms with Gasteiger partial charge in [0.1, 0.15) is 6.04 Å². The standard InChI is InChI=1S/C10H15N5O4S/c1-14-5-12-8(11)10(14)20(18,19)13-6-3-4-7(16)15(2)9(6)17/h5-6,13H,3-4,11H2,1-2H3. The molecule has 3 N–H and O–H groups in total. The van der Waals surface area contributed by atoms with Crippen molar-refractivity contribution in [2.75, 3.05) is 12.8 Å². The Morgan fingerprint density at radius 1 is 1.40 bits per heavy atom. The highest BCUT2D eigenvalue weighted by Crippen LogP contribution is 2.18. The lowest BCUT2D eigenvalue weighted by atomic mass is 10.1. The van der Waals surface area contributed by atoms with Crippen molar-refractivity contribution in [3.8, 4) is 0 Å². The van der Waals surface area contributed by atoms with Gasteiger partial charge in [0.15, 0.2) is 10.8 Å². The van der Waals surface area contributed by atoms with Crippen molar-refractivity contribution in [2.45, 2.75) is 23.9 Å². The Hall–Kier alpha value is -1.94. The predicted octanol–water partition coefficient (Wildman–Crippen LogP) is -1.57. The minimum atomic E-state index is -3.99. The van der Waals surface area contributed by atoms with Crippen LogP contribution in [0.3, 0.4) is 0 Å². The number of nitrogens with two attached hydrogens (primary N) is 1. The van der Waals surface area contributed by atoms with Gasteiger partial charge >= 0.3 is 0 Å². The van der Waals surface area contributed by atoms with Crippen LogP contribution in [-0.2, 0) is 26.7 Å². The van der Waals surface area contributed by atoms with E-state index >= 15 is 0 Å². The van der Waals surface area contributed by atoms with E-state index in [9.17, 15) is 18.0 Å². The number of imidazole rings is 1. The molecule has 9 nitrogen and oxygen atoms in total. The third kappa shape index (κ3) is 2.39. The molecule has 0 spiro atoms. The summed E-state index contributed by atoms with van der Waals surface area (Å²) in [4.78, 5) is 27.8. The Balaban J connectivity index is 2.26. The number of aryl methyl sites for hydroxylation is 1. The van der Waals surface area contributed by atoms with Crippen LogP contribution in [-0.4, -0.2) is 47.8 Å². The summed E-state index contributed by atoms with van der Waals surface area (Å²) < 4.78 is 28.0. The summed E-state index contributed by atoms with van der Waals surface area (Å²) in [5, 5.41) is -0.204. The molecular weight excluding hydrogens is 286 g/mol. The van der Waals surface area contributed by atoms with Crippen molar-refractivity contribution in [1.29, 1.82) is 0 Å². The number of aromatic nitrogens is 2. The third-order valence-corrected chi connectivity index (χ3v) is 4.71. The van der Waals surface area contributed by atoms with Crippen molar-refractivity contribution < 1.29 is 18.0 Å². The van der Waals surface area contributed by atoms with Crippen LogP contribution >= 0.6 is 0 Å². The monoisotopic (exact) mass is 301 g/mol. The van der Waals surface area contributed by atoms with E-state index < -0.39 is 22.0 Å². The number of nitrogens with one attached hydrogen (secondary N) is 1. The first-order valence-electron chi connectivity index (χ1n) is 5.83. The van der Waals surface area contributed by atoms with Gasteiger partial charge in [-0.2, -0.15) is 4.72 Å². The summed E-state index contributed by atoms with van der Waals surface area (Å²) in [5.74, 6) is -1.05. The maximum Gasteiger partial charge on any atom is 0.260 e. The van der Waals surface area contributed by atoms with Gasteiger partial charge in [-0.3, -0.25) is 14.5 Å². The second-order valence-corrected chi connectivity index (χ2v) is 6.18. The van der Waals surface area contributed by atoms with Crippen molar-refractivity contribution in [3.05, 3.63) is 6.33 Å². The van der Waals surface area contributed by atoms with E-state index in [-0.39, 0.29) is 29.6 Å². The largest absolute Gasteiger partial charge is 0.381 e. The molecule has 2 rings (SSSR count). The molecule has 1 fully saturated rings. The fourth-order valence-corrected chi connectivity index (χ4v) is 3.49. The number of piperidine rings is 1. The van der Waals surface area contributed by atoms with Gasteiger partial charge in [0.2, 0.25) is 11.8 Å². The van der Waals surface area contributed by atoms with Crippen molar-refractivity contribution in [1.82, 2.24) is 19.2 Å². The molecule has 2 heterocycles. The van der Waals surface area contributed by atoms with Crippen LogP contribution in [0.25, 0.3) is 0 Å². The normalized spacial score (nSPS) is 20.5. The number of carbonyl (C=O) groups is 2. The second kappa shape index (κ2) is 4.87. The number of carbonyl (C=O) groups excluding carboxylic acids is 2. The fraction of sp³-hybridized carbons (Fsp3) is 0.500. The van der Waals surface area contributed by atoms with Crippen LogP contribution in [0, 0.1) is 0 Å². The van der Waals surface area contributed by atoms with Gasteiger partial charge in [0, 0.05) is 20.5 Å². The Bertz CT molecular complexity index is 646. The smallest absolute Gasteiger partial charge is 0.260 e. The summed E-state index contributed by atoms with van der Waals surface area (Å²) in [6.07, 6.45) is 1.50. The van der Waals surface area contributed by atoms with E-state index in [1.54, 1.807) is 0 Å². The molecule has 0 radical (unpaired) electrons. The fourth-order valence-electron chi connectivity index (χ4n) is 2.03. The van der Waals surface area contributed by atoms with Crippen molar-refractivity contribution >= 4 is 27.7 Å². The zero-order valence-corrected chi connectivity index (χ0v) is 11.8. The van der Waals surface area contributed by atoms with Crippen LogP contribution in [0.5, 0.6) is 0 Å². The molecule has 110 valence electrons. The number of nitrogens with zero attached hydrogens (tertiary/aromatic N) is 3. The van der Waals surface area contributed by atoms with Gasteiger partial charge in [-0.25, -0.2) is 13.4 Å². The highest BCUT2D eigenvalue weighted by atomic mass is 32.2. The van der Waals surface area contributed by atoms with Gasteiger partial charge in [0.05, 0.1) is 6.33 Å². The zero-order chi connectivity index (χ0) is 15.1. The summed E-state index contributed by atoms with van der Waals surface area (Å²) in [7, 11) is -1.18. The van der Waals surface area contributed by atoms with Crippen molar-refractivity contribution in [3.63, 3.8) is 0 Å². The van der Waals surface area contributed by atoms with E-state index in [0.717, 1.165) is 4.90 Å². The number of rotatable bonds is 3. The molecule has 10 heteroatoms. The number of hydrogen-bond donors (Lipinski definition) is 2. The SMILES string of the molecule is CN1C(=O)CCC(NS(=O)(=O)c2c(N)ncn2C)C1=O. The first-order chi connectivity index (χ1) is 9.24. The molecule has 1 aliphatic rings. The minimum Gasteiger partial charge on any atom is -0.381 e. The molecule has 0 aromatic carbocycles. The van der Waals surface area contributed by atoms with Gasteiger partial charge in [-0.1, -0.05) is 0 Å². The topological polar surface area (TPSA) is 127 Å². The lowest BCUT2D eigenvalue weighted by Gasteiger charge is -2.27. The summed E-state index contributed by atoms with van der Waals surface area (Å²) >= 11 is 0. The Kier molecular flexibility index (Phi) is 3.52. The molecule has 1 unspecified atom stereocenters. The summed E-state index contributed by atoms with van der Waals surface area (Å²) in [5.41, 5.74) is 5.52. The van der Waals surface area contributed by atoms with E-state index in [1.165, 1.54) is 25.0 Å². The highest BCUT2D eigenvalue weighted by Gasteiger charge is 2.36. The molecule has 2 amide bonds. The number of likely N-dealkylation sites (tertiary alicyclic amines) is 1. The van der Waals surface area contributed by atoms with Crippen LogP contribution in [0.1, 0.15) is 12.8 Å². The van der Waals surface area contributed by atoms with E-state index in [1.807, 2.05) is 0 Å². The maximum absolute atomic E-state index is 12.2. The molecule has 1 aromatic rings. The highest BCUT2D eigenvalue weighted by molar-refractivity contribution is 7.89. The molecule has 0 saturated carbocycles. The molecule has 1 aromatic heterocycles. The molecule has 0 bridgehead atoms. The molecule has 1 aliphatic heterocycles. The van der Waals surface area contributed by atoms with Crippen LogP contribution in [0.2, 0.25) is 0 Å². The lowest BCUT2D eigenvalue weighted by molar-refractivity contribution is -0.147. The molecular formula is C10H15N5O4S. The third-order valence-electron chi connectivity index (χ3n) is 3.11. The van der Waals surface area contributed by atoms with E-state index in [4.69, 9.17) is 5.73 Å². The summed E-state index contributed by atoms with van der Waals surface area (Å²) in [6.45, 7) is 0. The number of nitrogen functional groups attached to an aromatic ring is 1. The Morgan fingerprint density at radius 2 is 2.05 bits per heavy atom. The maximum atomic E-state index is 12.2. The van der Waals surface area contributed by atoms with Gasteiger partial charge in [-0.15, -0.1) is 0 Å². The van der Waals surface area contributed by atoms with E-state index in [2.05, 4.69) is 9.71 Å². The Labute approximate surface area is 115 Å². The van der Waals surface area contributed by atoms with Crippen LogP contribution in [0.4, 0.5) is 5.82 Å². The van der Waals surface area contributed by atoms with Gasteiger partial charge in [0.25, 0.3) is 10.0 Å². The number of imide groups is 1. The number of hydrogen-bond acceptors (Lipinski definition) is 6. The molecule has 0 aliphatic carbocycles. The van der Waals surface area contributed by atoms with E-state index in [0.29, 0.717) is 0 Å². The number of amides is 2. The number of anilines is 1. The average Bonchev–Trinajstić information content (AvgIpc) is 2.70. The second-order valence-electron chi connectivity index (χ2n) is 4.55. The first-order valence-corrected chi connectivity index (χ1v) is 7.32. The molecule has 1 atom stereocenters. The minimum absolute atomic E-state index is 0.107. The zero-order valence-electron chi connectivity index (χ0n) is 11.0. The van der Waals surface area contributed by atoms with Gasteiger partial charge < -0.3 is 10.3 Å². The molecule has 1 saturated heterocycles. The lowest BCUT2D eigenvalue weighted by Crippen LogP contribution is -2.53. The number of sulfonamides is 1.